The second-order valence-electron chi connectivity index (χ2n) is 14.7. The van der Waals surface area contributed by atoms with Gasteiger partial charge in [0.15, 0.2) is 15.9 Å². The molecule has 306 valence electrons. The molecule has 0 spiro atoms. The average Bonchev–Trinajstić information content (AvgIpc) is 4.11. The van der Waals surface area contributed by atoms with Gasteiger partial charge in [-0.25, -0.2) is 9.97 Å². The number of hydrogen-bond acceptors (Lipinski definition) is 10. The van der Waals surface area contributed by atoms with Crippen molar-refractivity contribution in [2.75, 3.05) is 6.61 Å². The van der Waals surface area contributed by atoms with Gasteiger partial charge in [0, 0.05) is 37.1 Å². The van der Waals surface area contributed by atoms with Crippen LogP contribution >= 0.6 is 23.2 Å². The number of tetrazole rings is 2. The van der Waals surface area contributed by atoms with E-state index in [0.29, 0.717) is 49.2 Å². The number of aryl methyl sites for hydroxylation is 2. The number of benzene rings is 4. The molecule has 0 aliphatic carbocycles. The van der Waals surface area contributed by atoms with Gasteiger partial charge in [-0.05, 0) is 56.6 Å². The molecule has 0 amide bonds. The minimum Gasteiger partial charge on any atom is -0.393 e. The first kappa shape index (κ1) is 40.7. The molecule has 0 saturated heterocycles. The fourth-order valence-electron chi connectivity index (χ4n) is 7.73. The number of rotatable bonds is 17. The van der Waals surface area contributed by atoms with Gasteiger partial charge in [-0.15, -0.1) is 20.4 Å². The SMILES string of the molecule is CCCCc1nc(Cl)c(C(O)(CO)c2c(Cl)nc(CCCC)n2Cc2ccc(-c3ccccc3-c3nn[nH]n3)cc2)n1Cc1ccc(-c2ccccc2-c2nn[nH]n2)cc1. The molecule has 14 nitrogen and oxygen atoms in total. The van der Waals surface area contributed by atoms with Crippen molar-refractivity contribution in [1.29, 1.82) is 0 Å². The lowest BCUT2D eigenvalue weighted by atomic mass is 9.95. The summed E-state index contributed by atoms with van der Waals surface area (Å²) in [6.45, 7) is 4.15. The van der Waals surface area contributed by atoms with Crippen molar-refractivity contribution in [3.05, 3.63) is 142 Å². The summed E-state index contributed by atoms with van der Waals surface area (Å²) < 4.78 is 3.84. The number of aliphatic hydroxyl groups is 2. The van der Waals surface area contributed by atoms with Crippen molar-refractivity contribution in [3.8, 4) is 45.0 Å². The predicted molar refractivity (Wildman–Crippen MR) is 230 cm³/mol. The fraction of sp³-hybridized carbons (Fsp3) is 0.273. The maximum Gasteiger partial charge on any atom is 0.205 e. The van der Waals surface area contributed by atoms with Crippen LogP contribution in [0.1, 0.15) is 73.7 Å². The van der Waals surface area contributed by atoms with Crippen LogP contribution in [0.4, 0.5) is 0 Å². The second kappa shape index (κ2) is 18.1. The van der Waals surface area contributed by atoms with Gasteiger partial charge in [0.1, 0.15) is 11.6 Å². The Hall–Kier alpha value is -6.06. The van der Waals surface area contributed by atoms with Crippen LogP contribution in [0.15, 0.2) is 97.1 Å². The van der Waals surface area contributed by atoms with E-state index in [-0.39, 0.29) is 21.7 Å². The third-order valence-electron chi connectivity index (χ3n) is 10.8. The number of imidazole rings is 2. The maximum absolute atomic E-state index is 13.0. The Morgan fingerprint density at radius 3 is 1.33 bits per heavy atom. The highest BCUT2D eigenvalue weighted by Gasteiger charge is 2.43. The molecule has 16 heteroatoms. The highest BCUT2D eigenvalue weighted by Crippen LogP contribution is 2.40. The predicted octanol–water partition coefficient (Wildman–Crippen LogP) is 8.09. The second-order valence-corrected chi connectivity index (χ2v) is 15.4. The zero-order valence-electron chi connectivity index (χ0n) is 33.2. The largest absolute Gasteiger partial charge is 0.393 e. The lowest BCUT2D eigenvalue weighted by Crippen LogP contribution is -2.38. The molecule has 0 radical (unpaired) electrons. The first-order chi connectivity index (χ1) is 29.3. The molecule has 0 fully saturated rings. The van der Waals surface area contributed by atoms with E-state index < -0.39 is 12.2 Å². The monoisotopic (exact) mass is 842 g/mol. The number of aromatic amines is 2. The highest BCUT2D eigenvalue weighted by molar-refractivity contribution is 6.31. The number of hydrogen-bond donors (Lipinski definition) is 4. The van der Waals surface area contributed by atoms with Crippen LogP contribution in [-0.2, 0) is 31.5 Å². The Labute approximate surface area is 356 Å². The molecule has 0 saturated carbocycles. The van der Waals surface area contributed by atoms with E-state index in [1.165, 1.54) is 0 Å². The summed E-state index contributed by atoms with van der Waals surface area (Å²) in [5.41, 5.74) is 5.88. The molecule has 4 N–H and O–H groups in total. The van der Waals surface area contributed by atoms with Crippen LogP contribution in [0.25, 0.3) is 45.0 Å². The van der Waals surface area contributed by atoms with Gasteiger partial charge < -0.3 is 19.3 Å². The zero-order valence-corrected chi connectivity index (χ0v) is 34.7. The lowest BCUT2D eigenvalue weighted by molar-refractivity contribution is 0.00477. The number of H-pyrrole nitrogens is 2. The molecule has 4 aromatic heterocycles. The summed E-state index contributed by atoms with van der Waals surface area (Å²) in [5.74, 6) is 2.40. The molecule has 0 aliphatic rings. The van der Waals surface area contributed by atoms with Crippen molar-refractivity contribution in [2.45, 2.75) is 71.1 Å². The van der Waals surface area contributed by atoms with E-state index in [1.807, 2.05) is 106 Å². The fourth-order valence-corrected chi connectivity index (χ4v) is 8.44. The van der Waals surface area contributed by atoms with Crippen LogP contribution < -0.4 is 0 Å². The van der Waals surface area contributed by atoms with E-state index in [0.717, 1.165) is 70.2 Å². The molecule has 0 aliphatic heterocycles. The van der Waals surface area contributed by atoms with Crippen LogP contribution in [0, 0.1) is 0 Å². The maximum atomic E-state index is 13.0. The number of aliphatic hydroxyl groups excluding tert-OH is 1. The first-order valence-corrected chi connectivity index (χ1v) is 20.8. The Morgan fingerprint density at radius 1 is 0.583 bits per heavy atom. The standard InChI is InChI=1S/C44H44Cl2N12O2/c1-3-5-15-36-47-40(45)38(57(36)25-28-17-21-30(22-18-28)32-11-7-9-13-34(32)42-49-53-54-50-42)44(60,27-59)39-41(46)48-37(16-6-4-2)58(39)26-29-19-23-31(24-20-29)33-12-8-10-14-35(33)43-51-55-56-52-43/h7-14,17-24,59-60H,3-6,15-16,25-27H2,1-2H3,(H,49,50,53,54)(H,51,52,55,56). The van der Waals surface area contributed by atoms with Crippen LogP contribution in [0.5, 0.6) is 0 Å². The van der Waals surface area contributed by atoms with E-state index in [2.05, 4.69) is 55.1 Å². The van der Waals surface area contributed by atoms with E-state index in [1.54, 1.807) is 0 Å². The quantitative estimate of drug-likeness (QED) is 0.0699. The molecular weight excluding hydrogens is 799 g/mol. The third kappa shape index (κ3) is 8.11. The van der Waals surface area contributed by atoms with Crippen molar-refractivity contribution in [3.63, 3.8) is 0 Å². The molecule has 8 aromatic rings. The van der Waals surface area contributed by atoms with Gasteiger partial charge >= 0.3 is 0 Å². The summed E-state index contributed by atoms with van der Waals surface area (Å²) in [6, 6.07) is 32.1. The molecule has 0 unspecified atom stereocenters. The zero-order chi connectivity index (χ0) is 41.6. The molecule has 60 heavy (non-hydrogen) atoms. The van der Waals surface area contributed by atoms with Gasteiger partial charge in [-0.1, -0.05) is 147 Å². The smallest absolute Gasteiger partial charge is 0.205 e. The molecule has 4 heterocycles. The van der Waals surface area contributed by atoms with Gasteiger partial charge in [-0.2, -0.15) is 10.4 Å². The summed E-state index contributed by atoms with van der Waals surface area (Å²) >= 11 is 14.1. The van der Waals surface area contributed by atoms with Crippen LogP contribution in [-0.4, -0.2) is 77.2 Å². The van der Waals surface area contributed by atoms with Gasteiger partial charge in [0.2, 0.25) is 11.6 Å². The number of nitrogens with one attached hydrogen (secondary N) is 2. The molecular formula is C44H44Cl2N12O2. The summed E-state index contributed by atoms with van der Waals surface area (Å²) in [4.78, 5) is 9.60. The van der Waals surface area contributed by atoms with E-state index in [9.17, 15) is 10.2 Å². The van der Waals surface area contributed by atoms with Gasteiger partial charge in [-0.3, -0.25) is 0 Å². The van der Waals surface area contributed by atoms with E-state index >= 15 is 0 Å². The number of aromatic nitrogens is 12. The average molecular weight is 844 g/mol. The topological polar surface area (TPSA) is 185 Å². The van der Waals surface area contributed by atoms with Crippen molar-refractivity contribution >= 4 is 23.2 Å². The van der Waals surface area contributed by atoms with Gasteiger partial charge in [0.05, 0.1) is 18.0 Å². The normalized spacial score (nSPS) is 11.8. The summed E-state index contributed by atoms with van der Waals surface area (Å²) in [6.07, 6.45) is 4.80. The molecule has 8 rings (SSSR count). The third-order valence-corrected chi connectivity index (χ3v) is 11.3. The Balaban J connectivity index is 1.17. The highest BCUT2D eigenvalue weighted by atomic mass is 35.5. The van der Waals surface area contributed by atoms with E-state index in [4.69, 9.17) is 33.2 Å². The minimum absolute atomic E-state index is 0.0897. The number of unbranched alkanes of at least 4 members (excludes halogenated alkanes) is 2. The van der Waals surface area contributed by atoms with Crippen LogP contribution in [0.2, 0.25) is 10.3 Å². The molecule has 0 bridgehead atoms. The minimum atomic E-state index is -2.07. The Kier molecular flexibility index (Phi) is 12.2. The molecule has 0 atom stereocenters. The molecule has 4 aromatic carbocycles. The number of nitrogens with zero attached hydrogens (tertiary/aromatic N) is 10. The van der Waals surface area contributed by atoms with Gasteiger partial charge in [0.25, 0.3) is 0 Å². The Morgan fingerprint density at radius 2 is 0.983 bits per heavy atom. The van der Waals surface area contributed by atoms with Crippen molar-refractivity contribution in [2.24, 2.45) is 0 Å². The van der Waals surface area contributed by atoms with Crippen molar-refractivity contribution < 1.29 is 10.2 Å². The number of halogens is 2. The van der Waals surface area contributed by atoms with Crippen molar-refractivity contribution in [1.82, 2.24) is 60.4 Å². The first-order valence-electron chi connectivity index (χ1n) is 20.0. The Bertz CT molecular complexity index is 2480. The summed E-state index contributed by atoms with van der Waals surface area (Å²) in [5, 5.41) is 53.8. The van der Waals surface area contributed by atoms with Crippen LogP contribution in [0.3, 0.4) is 0 Å². The summed E-state index contributed by atoms with van der Waals surface area (Å²) in [7, 11) is 0. The lowest BCUT2D eigenvalue weighted by Gasteiger charge is -2.30.